The van der Waals surface area contributed by atoms with Crippen molar-refractivity contribution in [3.63, 3.8) is 0 Å². The lowest BCUT2D eigenvalue weighted by atomic mass is 9.99. The highest BCUT2D eigenvalue weighted by atomic mass is 16.4. The molecule has 114 valence electrons. The van der Waals surface area contributed by atoms with Crippen LogP contribution in [0.1, 0.15) is 62.6 Å². The molecule has 1 heterocycles. The van der Waals surface area contributed by atoms with E-state index in [2.05, 4.69) is 26.0 Å². The summed E-state index contributed by atoms with van der Waals surface area (Å²) in [6.45, 7) is 6.39. The van der Waals surface area contributed by atoms with Crippen molar-refractivity contribution in [2.75, 3.05) is 0 Å². The quantitative estimate of drug-likeness (QED) is 0.519. The first kappa shape index (κ1) is 15.8. The molecule has 0 atom stereocenters. The Hall–Kier alpha value is -1.57. The summed E-state index contributed by atoms with van der Waals surface area (Å²) in [4.78, 5) is 12.2. The van der Waals surface area contributed by atoms with Gasteiger partial charge in [-0.1, -0.05) is 45.2 Å². The second-order valence-corrected chi connectivity index (χ2v) is 5.88. The van der Waals surface area contributed by atoms with E-state index in [-0.39, 0.29) is 5.63 Å². The molecule has 2 rings (SSSR count). The fourth-order valence-corrected chi connectivity index (χ4v) is 2.82. The molecule has 0 aliphatic heterocycles. The summed E-state index contributed by atoms with van der Waals surface area (Å²) in [6.07, 6.45) is 7.67. The predicted octanol–water partition coefficient (Wildman–Crippen LogP) is 5.18. The van der Waals surface area contributed by atoms with Crippen LogP contribution in [0.5, 0.6) is 0 Å². The fraction of sp³-hybridized carbons (Fsp3) is 0.526. The number of hydrogen-bond donors (Lipinski definition) is 0. The molecule has 1 aromatic heterocycles. The number of hydrogen-bond acceptors (Lipinski definition) is 2. The van der Waals surface area contributed by atoms with Gasteiger partial charge >= 0.3 is 5.63 Å². The van der Waals surface area contributed by atoms with Gasteiger partial charge in [-0.2, -0.15) is 0 Å². The molecule has 0 unspecified atom stereocenters. The van der Waals surface area contributed by atoms with Crippen LogP contribution in [0.3, 0.4) is 0 Å². The minimum atomic E-state index is -0.154. The molecule has 0 bridgehead atoms. The Balaban J connectivity index is 2.34. The first-order valence-electron chi connectivity index (χ1n) is 8.22. The molecule has 0 N–H and O–H groups in total. The van der Waals surface area contributed by atoms with Gasteiger partial charge in [-0.15, -0.1) is 0 Å². The molecule has 0 spiro atoms. The maximum atomic E-state index is 12.2. The van der Waals surface area contributed by atoms with Crippen molar-refractivity contribution in [3.05, 3.63) is 45.3 Å². The van der Waals surface area contributed by atoms with Crippen LogP contribution >= 0.6 is 0 Å². The molecule has 21 heavy (non-hydrogen) atoms. The Labute approximate surface area is 127 Å². The normalized spacial score (nSPS) is 11.2. The van der Waals surface area contributed by atoms with E-state index >= 15 is 0 Å². The summed E-state index contributed by atoms with van der Waals surface area (Å²) >= 11 is 0. The number of rotatable bonds is 7. The molecule has 2 aromatic rings. The molecular formula is C19H26O2. The molecule has 0 saturated heterocycles. The second-order valence-electron chi connectivity index (χ2n) is 5.88. The van der Waals surface area contributed by atoms with Crippen LogP contribution in [0, 0.1) is 6.92 Å². The predicted molar refractivity (Wildman–Crippen MR) is 89.1 cm³/mol. The number of aryl methyl sites for hydroxylation is 2. The summed E-state index contributed by atoms with van der Waals surface area (Å²) in [6, 6.07) is 6.34. The molecule has 0 fully saturated rings. The van der Waals surface area contributed by atoms with E-state index in [1.54, 1.807) is 0 Å². The van der Waals surface area contributed by atoms with Gasteiger partial charge in [0, 0.05) is 10.9 Å². The van der Waals surface area contributed by atoms with E-state index < -0.39 is 0 Å². The van der Waals surface area contributed by atoms with Gasteiger partial charge in [-0.25, -0.2) is 4.79 Å². The highest BCUT2D eigenvalue weighted by molar-refractivity contribution is 5.81. The smallest absolute Gasteiger partial charge is 0.339 e. The van der Waals surface area contributed by atoms with Crippen LogP contribution in [-0.2, 0) is 12.8 Å². The van der Waals surface area contributed by atoms with Crippen molar-refractivity contribution in [2.45, 2.75) is 65.7 Å². The van der Waals surface area contributed by atoms with Crippen LogP contribution < -0.4 is 5.63 Å². The highest BCUT2D eigenvalue weighted by Crippen LogP contribution is 2.22. The minimum Gasteiger partial charge on any atom is -0.423 e. The van der Waals surface area contributed by atoms with Gasteiger partial charge in [0.25, 0.3) is 0 Å². The Kier molecular flexibility index (Phi) is 5.60. The van der Waals surface area contributed by atoms with E-state index in [4.69, 9.17) is 4.42 Å². The van der Waals surface area contributed by atoms with Crippen LogP contribution in [0.4, 0.5) is 0 Å². The topological polar surface area (TPSA) is 30.2 Å². The van der Waals surface area contributed by atoms with Crippen molar-refractivity contribution < 1.29 is 4.42 Å². The van der Waals surface area contributed by atoms with Gasteiger partial charge in [0.05, 0.1) is 0 Å². The van der Waals surface area contributed by atoms with Crippen LogP contribution in [0.2, 0.25) is 0 Å². The molecule has 0 aliphatic rings. The Morgan fingerprint density at radius 2 is 1.76 bits per heavy atom. The Bertz CT molecular complexity index is 652. The third kappa shape index (κ3) is 3.75. The molecule has 0 aliphatic carbocycles. The Morgan fingerprint density at radius 1 is 1.00 bits per heavy atom. The lowest BCUT2D eigenvalue weighted by Crippen LogP contribution is -2.10. The third-order valence-electron chi connectivity index (χ3n) is 4.20. The summed E-state index contributed by atoms with van der Waals surface area (Å²) in [5.74, 6) is 0. The second kappa shape index (κ2) is 7.44. The lowest BCUT2D eigenvalue weighted by Gasteiger charge is -2.09. The van der Waals surface area contributed by atoms with Gasteiger partial charge in [0.15, 0.2) is 0 Å². The zero-order chi connectivity index (χ0) is 15.2. The largest absolute Gasteiger partial charge is 0.423 e. The monoisotopic (exact) mass is 286 g/mol. The van der Waals surface area contributed by atoms with Crippen molar-refractivity contribution in [2.24, 2.45) is 0 Å². The summed E-state index contributed by atoms with van der Waals surface area (Å²) in [7, 11) is 0. The minimum absolute atomic E-state index is 0.154. The summed E-state index contributed by atoms with van der Waals surface area (Å²) in [5, 5.41) is 1.08. The van der Waals surface area contributed by atoms with E-state index in [0.717, 1.165) is 47.8 Å². The van der Waals surface area contributed by atoms with Gasteiger partial charge in [-0.3, -0.25) is 0 Å². The van der Waals surface area contributed by atoms with Crippen LogP contribution in [0.15, 0.2) is 27.4 Å². The van der Waals surface area contributed by atoms with Crippen LogP contribution in [-0.4, -0.2) is 0 Å². The van der Waals surface area contributed by atoms with E-state index in [1.165, 1.54) is 24.8 Å². The van der Waals surface area contributed by atoms with Crippen molar-refractivity contribution in [1.82, 2.24) is 0 Å². The van der Waals surface area contributed by atoms with Gasteiger partial charge < -0.3 is 4.42 Å². The number of unbranched alkanes of at least 4 members (excludes halogenated alkanes) is 3. The zero-order valence-electron chi connectivity index (χ0n) is 13.5. The number of fused-ring (bicyclic) bond motifs is 1. The third-order valence-corrected chi connectivity index (χ3v) is 4.20. The summed E-state index contributed by atoms with van der Waals surface area (Å²) in [5.41, 5.74) is 3.80. The van der Waals surface area contributed by atoms with Crippen LogP contribution in [0.25, 0.3) is 11.0 Å². The lowest BCUT2D eigenvalue weighted by molar-refractivity contribution is 0.545. The molecular weight excluding hydrogens is 260 g/mol. The molecule has 2 nitrogen and oxygen atoms in total. The first-order chi connectivity index (χ1) is 10.2. The number of benzene rings is 1. The van der Waals surface area contributed by atoms with E-state index in [9.17, 15) is 4.79 Å². The Morgan fingerprint density at radius 3 is 2.48 bits per heavy atom. The maximum absolute atomic E-state index is 12.2. The SMILES string of the molecule is CCCCCc1ccc2c(C)c(CCCC)c(=O)oc2c1. The zero-order valence-corrected chi connectivity index (χ0v) is 13.5. The highest BCUT2D eigenvalue weighted by Gasteiger charge is 2.11. The molecule has 1 aromatic carbocycles. The maximum Gasteiger partial charge on any atom is 0.339 e. The standard InChI is InChI=1S/C19H26O2/c1-4-6-8-9-15-11-12-16-14(3)17(10-7-5-2)19(20)21-18(16)13-15/h11-13H,4-10H2,1-3H3. The van der Waals surface area contributed by atoms with Crippen molar-refractivity contribution in [3.8, 4) is 0 Å². The molecule has 0 saturated carbocycles. The first-order valence-corrected chi connectivity index (χ1v) is 8.22. The molecule has 0 amide bonds. The van der Waals surface area contributed by atoms with Gasteiger partial charge in [-0.05, 0) is 49.8 Å². The van der Waals surface area contributed by atoms with E-state index in [0.29, 0.717) is 0 Å². The van der Waals surface area contributed by atoms with Gasteiger partial charge in [0.1, 0.15) is 5.58 Å². The fourth-order valence-electron chi connectivity index (χ4n) is 2.82. The average Bonchev–Trinajstić information content (AvgIpc) is 2.47. The molecule has 0 radical (unpaired) electrons. The van der Waals surface area contributed by atoms with E-state index in [1.807, 2.05) is 13.0 Å². The summed E-state index contributed by atoms with van der Waals surface area (Å²) < 4.78 is 5.56. The van der Waals surface area contributed by atoms with Crippen molar-refractivity contribution >= 4 is 11.0 Å². The van der Waals surface area contributed by atoms with Gasteiger partial charge in [0.2, 0.25) is 0 Å². The molecule has 2 heteroatoms. The average molecular weight is 286 g/mol. The van der Waals surface area contributed by atoms with Crippen molar-refractivity contribution in [1.29, 1.82) is 0 Å².